The summed E-state index contributed by atoms with van der Waals surface area (Å²) in [5.74, 6) is 0.673. The first-order chi connectivity index (χ1) is 12.6. The van der Waals surface area contributed by atoms with Crippen LogP contribution in [0.5, 0.6) is 11.5 Å². The van der Waals surface area contributed by atoms with Crippen molar-refractivity contribution in [2.24, 2.45) is 0 Å². The molecule has 2 aromatic carbocycles. The largest absolute Gasteiger partial charge is 0.454 e. The summed E-state index contributed by atoms with van der Waals surface area (Å²) in [6.07, 6.45) is 0. The molecule has 0 atom stereocenters. The SMILES string of the molecule is COCCNc1ccc(C(=O)Nc2ccc3c(c2)OCO3)cc1[N+](=O)[O-]. The van der Waals surface area contributed by atoms with Gasteiger partial charge in [0, 0.05) is 37.0 Å². The van der Waals surface area contributed by atoms with Gasteiger partial charge in [-0.05, 0) is 24.3 Å². The van der Waals surface area contributed by atoms with Gasteiger partial charge in [0.25, 0.3) is 11.6 Å². The van der Waals surface area contributed by atoms with Crippen LogP contribution in [0.25, 0.3) is 0 Å². The van der Waals surface area contributed by atoms with Gasteiger partial charge in [-0.1, -0.05) is 0 Å². The molecule has 9 heteroatoms. The number of ether oxygens (including phenoxy) is 3. The van der Waals surface area contributed by atoms with E-state index in [-0.39, 0.29) is 18.0 Å². The van der Waals surface area contributed by atoms with Crippen molar-refractivity contribution in [2.75, 3.05) is 37.7 Å². The molecule has 0 aromatic heterocycles. The number of nitrogens with zero attached hydrogens (tertiary/aromatic N) is 1. The Hall–Kier alpha value is -3.33. The minimum Gasteiger partial charge on any atom is -0.454 e. The Morgan fingerprint density at radius 3 is 2.81 bits per heavy atom. The summed E-state index contributed by atoms with van der Waals surface area (Å²) in [5, 5.41) is 16.9. The molecule has 1 heterocycles. The second-order valence-corrected chi connectivity index (χ2v) is 5.43. The van der Waals surface area contributed by atoms with E-state index in [2.05, 4.69) is 10.6 Å². The number of hydrogen-bond acceptors (Lipinski definition) is 7. The van der Waals surface area contributed by atoms with Crippen LogP contribution in [0.4, 0.5) is 17.1 Å². The van der Waals surface area contributed by atoms with Gasteiger partial charge in [-0.15, -0.1) is 0 Å². The van der Waals surface area contributed by atoms with Crippen molar-refractivity contribution in [2.45, 2.75) is 0 Å². The molecule has 9 nitrogen and oxygen atoms in total. The number of methoxy groups -OCH3 is 1. The van der Waals surface area contributed by atoms with E-state index in [0.29, 0.717) is 36.0 Å². The predicted molar refractivity (Wildman–Crippen MR) is 94.0 cm³/mol. The fraction of sp³-hybridized carbons (Fsp3) is 0.235. The normalized spacial score (nSPS) is 11.9. The average Bonchev–Trinajstić information content (AvgIpc) is 3.09. The second-order valence-electron chi connectivity index (χ2n) is 5.43. The Labute approximate surface area is 149 Å². The number of carbonyl (C=O) groups is 1. The Balaban J connectivity index is 1.76. The highest BCUT2D eigenvalue weighted by Gasteiger charge is 2.19. The maximum atomic E-state index is 12.4. The number of nitro benzene ring substituents is 1. The zero-order valence-electron chi connectivity index (χ0n) is 14.0. The fourth-order valence-corrected chi connectivity index (χ4v) is 2.44. The van der Waals surface area contributed by atoms with E-state index in [0.717, 1.165) is 0 Å². The second kappa shape index (κ2) is 7.70. The molecule has 0 aliphatic carbocycles. The van der Waals surface area contributed by atoms with Gasteiger partial charge < -0.3 is 24.8 Å². The van der Waals surface area contributed by atoms with Gasteiger partial charge in [0.15, 0.2) is 11.5 Å². The first kappa shape index (κ1) is 17.5. The number of nitrogens with one attached hydrogen (secondary N) is 2. The molecule has 0 fully saturated rings. The Kier molecular flexibility index (Phi) is 5.18. The summed E-state index contributed by atoms with van der Waals surface area (Å²) in [7, 11) is 1.54. The minimum atomic E-state index is -0.535. The topological polar surface area (TPSA) is 112 Å². The number of rotatable bonds is 7. The number of anilines is 2. The van der Waals surface area contributed by atoms with Crippen LogP contribution < -0.4 is 20.1 Å². The van der Waals surface area contributed by atoms with Crippen molar-refractivity contribution in [1.82, 2.24) is 0 Å². The van der Waals surface area contributed by atoms with Crippen molar-refractivity contribution < 1.29 is 23.9 Å². The summed E-state index contributed by atoms with van der Waals surface area (Å²) in [5.41, 5.74) is 0.821. The molecule has 0 bridgehead atoms. The van der Waals surface area contributed by atoms with Crippen molar-refractivity contribution in [1.29, 1.82) is 0 Å². The van der Waals surface area contributed by atoms with E-state index in [1.165, 1.54) is 18.2 Å². The van der Waals surface area contributed by atoms with E-state index in [4.69, 9.17) is 14.2 Å². The lowest BCUT2D eigenvalue weighted by molar-refractivity contribution is -0.384. The molecule has 0 spiro atoms. The third kappa shape index (κ3) is 3.83. The summed E-state index contributed by atoms with van der Waals surface area (Å²) in [6.45, 7) is 0.958. The van der Waals surface area contributed by atoms with Crippen molar-refractivity contribution in [3.05, 3.63) is 52.1 Å². The highest BCUT2D eigenvalue weighted by Crippen LogP contribution is 2.34. The van der Waals surface area contributed by atoms with Gasteiger partial charge in [-0.2, -0.15) is 0 Å². The monoisotopic (exact) mass is 359 g/mol. The van der Waals surface area contributed by atoms with Gasteiger partial charge >= 0.3 is 0 Å². The molecule has 0 saturated carbocycles. The average molecular weight is 359 g/mol. The summed E-state index contributed by atoms with van der Waals surface area (Å²) in [4.78, 5) is 23.2. The lowest BCUT2D eigenvalue weighted by Gasteiger charge is -2.09. The molecule has 0 saturated heterocycles. The maximum absolute atomic E-state index is 12.4. The highest BCUT2D eigenvalue weighted by molar-refractivity contribution is 6.05. The number of benzene rings is 2. The molecule has 1 aliphatic heterocycles. The number of amides is 1. The van der Waals surface area contributed by atoms with E-state index >= 15 is 0 Å². The molecule has 0 radical (unpaired) electrons. The number of nitro groups is 1. The minimum absolute atomic E-state index is 0.135. The van der Waals surface area contributed by atoms with E-state index in [1.54, 1.807) is 25.3 Å². The van der Waals surface area contributed by atoms with Crippen LogP contribution in [-0.2, 0) is 4.74 Å². The standard InChI is InChI=1S/C17H17N3O6/c1-24-7-6-18-13-4-2-11(8-14(13)20(22)23)17(21)19-12-3-5-15-16(9-12)26-10-25-15/h2-5,8-9,18H,6-7,10H2,1H3,(H,19,21). The number of fused-ring (bicyclic) bond motifs is 1. The van der Waals surface area contributed by atoms with E-state index in [9.17, 15) is 14.9 Å². The smallest absolute Gasteiger partial charge is 0.293 e. The summed E-state index contributed by atoms with van der Waals surface area (Å²) < 4.78 is 15.4. The van der Waals surface area contributed by atoms with Gasteiger partial charge in [-0.25, -0.2) is 0 Å². The van der Waals surface area contributed by atoms with Crippen molar-refractivity contribution in [3.8, 4) is 11.5 Å². The molecular weight excluding hydrogens is 342 g/mol. The molecule has 2 N–H and O–H groups in total. The Morgan fingerprint density at radius 1 is 1.23 bits per heavy atom. The van der Waals surface area contributed by atoms with Crippen LogP contribution in [0.3, 0.4) is 0 Å². The van der Waals surface area contributed by atoms with Gasteiger partial charge in [-0.3, -0.25) is 14.9 Å². The first-order valence-electron chi connectivity index (χ1n) is 7.81. The van der Waals surface area contributed by atoms with Crippen molar-refractivity contribution >= 4 is 23.0 Å². The highest BCUT2D eigenvalue weighted by atomic mass is 16.7. The fourth-order valence-electron chi connectivity index (χ4n) is 2.44. The van der Waals surface area contributed by atoms with Gasteiger partial charge in [0.2, 0.25) is 6.79 Å². The van der Waals surface area contributed by atoms with Gasteiger partial charge in [0.05, 0.1) is 11.5 Å². The summed E-state index contributed by atoms with van der Waals surface area (Å²) in [6, 6.07) is 9.24. The maximum Gasteiger partial charge on any atom is 0.293 e. The molecule has 136 valence electrons. The molecule has 3 rings (SSSR count). The molecule has 2 aromatic rings. The Bertz CT molecular complexity index is 839. The zero-order valence-corrected chi connectivity index (χ0v) is 14.0. The molecule has 1 aliphatic rings. The number of carbonyl (C=O) groups excluding carboxylic acids is 1. The summed E-state index contributed by atoms with van der Waals surface area (Å²) >= 11 is 0. The van der Waals surface area contributed by atoms with Crippen LogP contribution in [0, 0.1) is 10.1 Å². The van der Waals surface area contributed by atoms with Crippen LogP contribution in [0.2, 0.25) is 0 Å². The molecule has 0 unspecified atom stereocenters. The van der Waals surface area contributed by atoms with Gasteiger partial charge in [0.1, 0.15) is 5.69 Å². The predicted octanol–water partition coefficient (Wildman–Crippen LogP) is 2.63. The molecular formula is C17H17N3O6. The van der Waals surface area contributed by atoms with Crippen LogP contribution in [-0.4, -0.2) is 37.9 Å². The van der Waals surface area contributed by atoms with Crippen LogP contribution >= 0.6 is 0 Å². The lowest BCUT2D eigenvalue weighted by atomic mass is 10.1. The molecule has 26 heavy (non-hydrogen) atoms. The zero-order chi connectivity index (χ0) is 18.5. The lowest BCUT2D eigenvalue weighted by Crippen LogP contribution is -2.13. The quantitative estimate of drug-likeness (QED) is 0.444. The van der Waals surface area contributed by atoms with Crippen LogP contribution in [0.15, 0.2) is 36.4 Å². The Morgan fingerprint density at radius 2 is 2.04 bits per heavy atom. The number of hydrogen-bond donors (Lipinski definition) is 2. The van der Waals surface area contributed by atoms with Crippen molar-refractivity contribution in [3.63, 3.8) is 0 Å². The third-order valence-corrected chi connectivity index (χ3v) is 3.71. The first-order valence-corrected chi connectivity index (χ1v) is 7.81. The third-order valence-electron chi connectivity index (χ3n) is 3.71. The van der Waals surface area contributed by atoms with E-state index in [1.807, 2.05) is 0 Å². The van der Waals surface area contributed by atoms with Crippen LogP contribution in [0.1, 0.15) is 10.4 Å². The van der Waals surface area contributed by atoms with E-state index < -0.39 is 10.8 Å². The molecule has 1 amide bonds.